The van der Waals surface area contributed by atoms with Gasteiger partial charge in [-0.25, -0.2) is 9.48 Å². The zero-order chi connectivity index (χ0) is 25.0. The van der Waals surface area contributed by atoms with E-state index in [0.717, 1.165) is 11.3 Å². The Bertz CT molecular complexity index is 1240. The lowest BCUT2D eigenvalue weighted by Gasteiger charge is -2.14. The van der Waals surface area contributed by atoms with Gasteiger partial charge in [-0.3, -0.25) is 15.4 Å². The minimum Gasteiger partial charge on any atom is -0.481 e. The third kappa shape index (κ3) is 6.20. The summed E-state index contributed by atoms with van der Waals surface area (Å²) in [7, 11) is 0. The zero-order valence-electron chi connectivity index (χ0n) is 19.8. The number of hydrogen-bond acceptors (Lipinski definition) is 5. The van der Waals surface area contributed by atoms with E-state index in [-0.39, 0.29) is 17.7 Å². The first-order chi connectivity index (χ1) is 16.7. The van der Waals surface area contributed by atoms with Crippen LogP contribution in [-0.4, -0.2) is 33.2 Å². The van der Waals surface area contributed by atoms with Crippen LogP contribution in [0.15, 0.2) is 72.8 Å². The summed E-state index contributed by atoms with van der Waals surface area (Å²) in [6.07, 6.45) is 1.28. The molecular weight excluding hydrogens is 448 g/mol. The molecule has 3 aromatic rings. The van der Waals surface area contributed by atoms with Crippen molar-refractivity contribution in [1.29, 1.82) is 0 Å². The van der Waals surface area contributed by atoms with E-state index in [4.69, 9.17) is 14.6 Å². The van der Waals surface area contributed by atoms with Gasteiger partial charge in [0.05, 0.1) is 17.8 Å². The molecule has 0 aliphatic carbocycles. The Morgan fingerprint density at radius 1 is 1.03 bits per heavy atom. The van der Waals surface area contributed by atoms with Gasteiger partial charge in [0, 0.05) is 17.9 Å². The molecule has 0 fully saturated rings. The number of benzene rings is 2. The minimum atomic E-state index is -0.923. The highest BCUT2D eigenvalue weighted by Crippen LogP contribution is 2.27. The molecule has 3 N–H and O–H groups in total. The largest absolute Gasteiger partial charge is 0.481 e. The SMILES string of the molecule is CC(C)(C)c1cc(NC(=O)NC2=COC(Cc3ccccc3)O2)n(-c2cccc(CC(=O)O)c2)n1. The Morgan fingerprint density at radius 2 is 1.77 bits per heavy atom. The molecule has 0 bridgehead atoms. The summed E-state index contributed by atoms with van der Waals surface area (Å²) in [6.45, 7) is 6.06. The van der Waals surface area contributed by atoms with Gasteiger partial charge in [-0.05, 0) is 23.3 Å². The Kier molecular flexibility index (Phi) is 6.77. The molecule has 0 spiro atoms. The summed E-state index contributed by atoms with van der Waals surface area (Å²) >= 11 is 0. The monoisotopic (exact) mass is 476 g/mol. The molecule has 1 aliphatic heterocycles. The van der Waals surface area contributed by atoms with Gasteiger partial charge < -0.3 is 14.6 Å². The van der Waals surface area contributed by atoms with Gasteiger partial charge in [-0.15, -0.1) is 0 Å². The molecule has 9 nitrogen and oxygen atoms in total. The maximum atomic E-state index is 12.8. The standard InChI is InChI=1S/C26H28N4O5/c1-26(2,3)20-15-21(30(29-20)19-11-7-10-18(12-19)13-23(31)32)27-25(33)28-22-16-34-24(35-22)14-17-8-5-4-6-9-17/h4-12,15-16,24H,13-14H2,1-3H3,(H,31,32)(H2,27,28,33). The maximum Gasteiger partial charge on any atom is 0.327 e. The molecule has 182 valence electrons. The fraction of sp³-hybridized carbons (Fsp3) is 0.269. The number of nitrogens with zero attached hydrogens (tertiary/aromatic N) is 2. The number of anilines is 1. The van der Waals surface area contributed by atoms with Gasteiger partial charge in [0.1, 0.15) is 12.1 Å². The highest BCUT2D eigenvalue weighted by atomic mass is 16.7. The molecule has 1 atom stereocenters. The number of hydrogen-bond donors (Lipinski definition) is 3. The quantitative estimate of drug-likeness (QED) is 0.468. The van der Waals surface area contributed by atoms with Crippen LogP contribution in [0.5, 0.6) is 0 Å². The van der Waals surface area contributed by atoms with Gasteiger partial charge in [0.25, 0.3) is 0 Å². The third-order valence-corrected chi connectivity index (χ3v) is 5.30. The van der Waals surface area contributed by atoms with Crippen molar-refractivity contribution in [3.05, 3.63) is 89.6 Å². The van der Waals surface area contributed by atoms with Crippen molar-refractivity contribution in [2.24, 2.45) is 0 Å². The smallest absolute Gasteiger partial charge is 0.327 e. The maximum absolute atomic E-state index is 12.8. The van der Waals surface area contributed by atoms with Gasteiger partial charge in [-0.1, -0.05) is 63.2 Å². The van der Waals surface area contributed by atoms with Crippen molar-refractivity contribution in [3.8, 4) is 5.69 Å². The van der Waals surface area contributed by atoms with Crippen LogP contribution < -0.4 is 10.6 Å². The van der Waals surface area contributed by atoms with E-state index in [1.165, 1.54) is 6.26 Å². The third-order valence-electron chi connectivity index (χ3n) is 5.30. The molecule has 2 amide bonds. The fourth-order valence-electron chi connectivity index (χ4n) is 3.56. The summed E-state index contributed by atoms with van der Waals surface area (Å²) in [5, 5.41) is 19.3. The van der Waals surface area contributed by atoms with Crippen molar-refractivity contribution in [2.45, 2.75) is 45.3 Å². The normalized spacial score (nSPS) is 15.1. The second-order valence-electron chi connectivity index (χ2n) is 9.25. The highest BCUT2D eigenvalue weighted by Gasteiger charge is 2.24. The van der Waals surface area contributed by atoms with Crippen molar-refractivity contribution in [2.75, 3.05) is 5.32 Å². The molecule has 0 saturated carbocycles. The topological polar surface area (TPSA) is 115 Å². The number of carbonyl (C=O) groups excluding carboxylic acids is 1. The Balaban J connectivity index is 1.47. The van der Waals surface area contributed by atoms with Gasteiger partial charge in [0.15, 0.2) is 0 Å². The van der Waals surface area contributed by atoms with Crippen molar-refractivity contribution < 1.29 is 24.2 Å². The fourth-order valence-corrected chi connectivity index (χ4v) is 3.56. The average Bonchev–Trinajstić information content (AvgIpc) is 3.41. The molecule has 1 aliphatic rings. The molecular formula is C26H28N4O5. The molecule has 0 saturated heterocycles. The molecule has 2 aromatic carbocycles. The number of carboxylic acid groups (broad SMARTS) is 1. The lowest BCUT2D eigenvalue weighted by molar-refractivity contribution is -0.136. The molecule has 9 heteroatoms. The van der Waals surface area contributed by atoms with Crippen LogP contribution in [0.25, 0.3) is 5.69 Å². The van der Waals surface area contributed by atoms with Crippen LogP contribution >= 0.6 is 0 Å². The Labute approximate surface area is 203 Å². The molecule has 1 aromatic heterocycles. The Hall–Kier alpha value is -4.27. The number of urea groups is 1. The lowest BCUT2D eigenvalue weighted by atomic mass is 9.92. The molecule has 4 rings (SSSR count). The number of aromatic nitrogens is 2. The summed E-state index contributed by atoms with van der Waals surface area (Å²) in [5.41, 5.74) is 2.81. The van der Waals surface area contributed by atoms with E-state index >= 15 is 0 Å². The first-order valence-electron chi connectivity index (χ1n) is 11.2. The summed E-state index contributed by atoms with van der Waals surface area (Å²) in [5.74, 6) is -0.289. The number of carboxylic acids is 1. The molecule has 2 heterocycles. The van der Waals surface area contributed by atoms with Gasteiger partial charge in [0.2, 0.25) is 12.2 Å². The minimum absolute atomic E-state index is 0.111. The lowest BCUT2D eigenvalue weighted by Crippen LogP contribution is -2.30. The number of aliphatic carboxylic acids is 1. The number of nitrogens with one attached hydrogen (secondary N) is 2. The van der Waals surface area contributed by atoms with Gasteiger partial charge >= 0.3 is 12.0 Å². The van der Waals surface area contributed by atoms with E-state index in [1.54, 1.807) is 35.0 Å². The van der Waals surface area contributed by atoms with Crippen LogP contribution in [0, 0.1) is 0 Å². The molecule has 1 unspecified atom stereocenters. The van der Waals surface area contributed by atoms with Crippen LogP contribution in [0.3, 0.4) is 0 Å². The van der Waals surface area contributed by atoms with Crippen LogP contribution in [0.1, 0.15) is 37.6 Å². The van der Waals surface area contributed by atoms with Crippen molar-refractivity contribution in [1.82, 2.24) is 15.1 Å². The van der Waals surface area contributed by atoms with E-state index in [9.17, 15) is 9.59 Å². The second kappa shape index (κ2) is 9.92. The first-order valence-corrected chi connectivity index (χ1v) is 11.2. The molecule has 35 heavy (non-hydrogen) atoms. The summed E-state index contributed by atoms with van der Waals surface area (Å²) in [6, 6.07) is 18.1. The van der Waals surface area contributed by atoms with E-state index in [0.29, 0.717) is 23.5 Å². The van der Waals surface area contributed by atoms with Crippen LogP contribution in [0.4, 0.5) is 10.6 Å². The zero-order valence-corrected chi connectivity index (χ0v) is 19.8. The number of ether oxygens (including phenoxy) is 2. The van der Waals surface area contributed by atoms with Gasteiger partial charge in [-0.2, -0.15) is 5.10 Å². The average molecular weight is 477 g/mol. The first kappa shape index (κ1) is 23.9. The molecule has 0 radical (unpaired) electrons. The summed E-state index contributed by atoms with van der Waals surface area (Å²) in [4.78, 5) is 23.9. The van der Waals surface area contributed by atoms with Crippen LogP contribution in [-0.2, 0) is 32.5 Å². The van der Waals surface area contributed by atoms with E-state index < -0.39 is 18.3 Å². The summed E-state index contributed by atoms with van der Waals surface area (Å²) < 4.78 is 12.8. The van der Waals surface area contributed by atoms with E-state index in [1.807, 2.05) is 51.1 Å². The predicted octanol–water partition coefficient (Wildman–Crippen LogP) is 4.33. The van der Waals surface area contributed by atoms with Crippen molar-refractivity contribution >= 4 is 17.8 Å². The number of amides is 2. The Morgan fingerprint density at radius 3 is 2.49 bits per heavy atom. The van der Waals surface area contributed by atoms with Crippen molar-refractivity contribution in [3.63, 3.8) is 0 Å². The number of carbonyl (C=O) groups is 2. The van der Waals surface area contributed by atoms with E-state index in [2.05, 4.69) is 15.7 Å². The predicted molar refractivity (Wildman–Crippen MR) is 130 cm³/mol. The second-order valence-corrected chi connectivity index (χ2v) is 9.25. The number of rotatable bonds is 7. The highest BCUT2D eigenvalue weighted by molar-refractivity contribution is 5.89. The van der Waals surface area contributed by atoms with Crippen LogP contribution in [0.2, 0.25) is 0 Å².